The number of para-hydroxylation sites is 1. The van der Waals surface area contributed by atoms with Crippen molar-refractivity contribution in [2.75, 3.05) is 27.7 Å². The van der Waals surface area contributed by atoms with Gasteiger partial charge in [0.05, 0.1) is 24.0 Å². The highest BCUT2D eigenvalue weighted by molar-refractivity contribution is 14.2. The number of alkyl halides is 2. The number of halogens is 3. The second-order valence-electron chi connectivity index (χ2n) is 8.15. The molecule has 1 aliphatic carbocycles. The summed E-state index contributed by atoms with van der Waals surface area (Å²) >= 11 is 2.05. The Kier molecular flexibility index (Phi) is 8.63. The molecule has 5 rings (SSSR count). The number of nitrogens with zero attached hydrogens (tertiary/aromatic N) is 5. The summed E-state index contributed by atoms with van der Waals surface area (Å²) < 4.78 is 36.4. The summed E-state index contributed by atoms with van der Waals surface area (Å²) in [6.07, 6.45) is -0.596. The van der Waals surface area contributed by atoms with E-state index >= 15 is 0 Å². The minimum atomic E-state index is -2.64. The largest absolute Gasteiger partial charge is 0.494 e. The molecule has 0 spiro atoms. The van der Waals surface area contributed by atoms with Crippen LogP contribution in [-0.2, 0) is 11.8 Å². The molecule has 1 aliphatic heterocycles. The van der Waals surface area contributed by atoms with Gasteiger partial charge in [0.25, 0.3) is 6.43 Å². The number of methoxy groups -OCH3 is 1. The predicted octanol–water partition coefficient (Wildman–Crippen LogP) is 5.77. The van der Waals surface area contributed by atoms with Gasteiger partial charge in [-0.15, -0.1) is 0 Å². The van der Waals surface area contributed by atoms with Crippen LogP contribution in [0.5, 0.6) is 5.75 Å². The molecule has 198 valence electrons. The van der Waals surface area contributed by atoms with Crippen LogP contribution in [0.15, 0.2) is 30.6 Å². The van der Waals surface area contributed by atoms with E-state index in [1.807, 2.05) is 48.0 Å². The lowest BCUT2D eigenvalue weighted by Crippen LogP contribution is -2.35. The fraction of sp³-hybridized carbons (Fsp3) is 0.391. The van der Waals surface area contributed by atoms with Gasteiger partial charge < -0.3 is 25.4 Å². The lowest BCUT2D eigenvalue weighted by atomic mass is 10.1. The lowest BCUT2D eigenvalue weighted by molar-refractivity contribution is -0.117. The van der Waals surface area contributed by atoms with Gasteiger partial charge >= 0.3 is 0 Å². The van der Waals surface area contributed by atoms with Gasteiger partial charge in [-0.25, -0.2) is 18.7 Å². The topological polar surface area (TPSA) is 109 Å². The van der Waals surface area contributed by atoms with E-state index in [9.17, 15) is 13.6 Å². The Labute approximate surface area is 228 Å². The zero-order valence-electron chi connectivity index (χ0n) is 20.7. The van der Waals surface area contributed by atoms with Gasteiger partial charge in [0, 0.05) is 25.4 Å². The average Bonchev–Trinajstić information content (AvgIpc) is 3.55. The molecular weight excluding hydrogens is 616 g/mol. The number of aromatic nitrogens is 4. The van der Waals surface area contributed by atoms with E-state index in [-0.39, 0.29) is 18.2 Å². The van der Waals surface area contributed by atoms with Crippen molar-refractivity contribution in [3.05, 3.63) is 30.6 Å². The summed E-state index contributed by atoms with van der Waals surface area (Å²) in [6, 6.07) is 7.10. The normalized spacial score (nSPS) is 16.3. The maximum Gasteiger partial charge on any atom is 0.277 e. The molecule has 0 bridgehead atoms. The average molecular weight is 644 g/mol. The molecule has 2 aromatic heterocycles. The fourth-order valence-electron chi connectivity index (χ4n) is 3.84. The second-order valence-corrected chi connectivity index (χ2v) is 10.2. The third kappa shape index (κ3) is 5.71. The number of ether oxygens (including phenoxy) is 1. The highest BCUT2D eigenvalue weighted by Gasteiger charge is 2.38. The molecule has 3 N–H and O–H groups in total. The number of rotatable bonds is 8. The minimum Gasteiger partial charge on any atom is -0.494 e. The van der Waals surface area contributed by atoms with Gasteiger partial charge in [0.1, 0.15) is 17.8 Å². The molecule has 1 amide bonds. The highest BCUT2D eigenvalue weighted by Crippen LogP contribution is 2.50. The Morgan fingerprint density at radius 3 is 2.65 bits per heavy atom. The molecule has 2 aliphatic rings. The Morgan fingerprint density at radius 1 is 1.30 bits per heavy atom. The van der Waals surface area contributed by atoms with Crippen molar-refractivity contribution in [2.24, 2.45) is 13.0 Å². The van der Waals surface area contributed by atoms with Crippen LogP contribution < -0.4 is 25.4 Å². The number of aryl methyl sites for hydroxylation is 1. The van der Waals surface area contributed by atoms with E-state index in [0.717, 1.165) is 12.8 Å². The van der Waals surface area contributed by atoms with Crippen molar-refractivity contribution < 1.29 is 18.3 Å². The first-order valence-corrected chi connectivity index (χ1v) is 15.8. The Bertz CT molecular complexity index is 1270. The van der Waals surface area contributed by atoms with E-state index < -0.39 is 12.6 Å². The highest BCUT2D eigenvalue weighted by atomic mass is 127. The summed E-state index contributed by atoms with van der Waals surface area (Å²) in [5.74, 6) is 1.46. The summed E-state index contributed by atoms with van der Waals surface area (Å²) in [5, 5.41) is 13.4. The molecular formula is C23H28F2IN8O2P. The molecule has 1 saturated carbocycles. The molecule has 14 heteroatoms. The van der Waals surface area contributed by atoms with E-state index in [1.165, 1.54) is 11.8 Å². The van der Waals surface area contributed by atoms with Crippen molar-refractivity contribution >= 4 is 63.0 Å². The van der Waals surface area contributed by atoms with Crippen LogP contribution in [0, 0.1) is 5.92 Å². The van der Waals surface area contributed by atoms with Gasteiger partial charge in [-0.1, -0.05) is 19.9 Å². The summed E-state index contributed by atoms with van der Waals surface area (Å²) in [5.41, 5.74) is 2.15. The van der Waals surface area contributed by atoms with Crippen LogP contribution in [-0.4, -0.2) is 45.4 Å². The fourth-order valence-corrected chi connectivity index (χ4v) is 5.95. The maximum atomic E-state index is 13.8. The molecule has 0 saturated heterocycles. The van der Waals surface area contributed by atoms with Crippen LogP contribution >= 0.6 is 28.4 Å². The van der Waals surface area contributed by atoms with Crippen molar-refractivity contribution in [3.63, 3.8) is 0 Å². The lowest BCUT2D eigenvalue weighted by Gasteiger charge is -2.22. The molecule has 0 radical (unpaired) electrons. The Morgan fingerprint density at radius 2 is 2.05 bits per heavy atom. The second kappa shape index (κ2) is 11.7. The third-order valence-corrected chi connectivity index (χ3v) is 7.89. The van der Waals surface area contributed by atoms with Crippen LogP contribution in [0.25, 0.3) is 11.4 Å². The Balaban J connectivity index is 0.00000156. The van der Waals surface area contributed by atoms with E-state index in [2.05, 4.69) is 31.0 Å². The zero-order valence-corrected chi connectivity index (χ0v) is 23.9. The maximum absolute atomic E-state index is 13.8. The minimum absolute atomic E-state index is 0.00925. The molecule has 1 aromatic carbocycles. The van der Waals surface area contributed by atoms with Gasteiger partial charge in [-0.3, -0.25) is 9.48 Å². The summed E-state index contributed by atoms with van der Waals surface area (Å²) in [4.78, 5) is 21.2. The van der Waals surface area contributed by atoms with Crippen molar-refractivity contribution in [1.29, 1.82) is 0 Å². The Hall–Kier alpha value is -2.80. The number of amides is 1. The monoisotopic (exact) mass is 644 g/mol. The summed E-state index contributed by atoms with van der Waals surface area (Å²) in [7, 11) is 3.31. The van der Waals surface area contributed by atoms with E-state index in [0.29, 0.717) is 45.8 Å². The smallest absolute Gasteiger partial charge is 0.277 e. The number of hydrogen-bond donors (Lipinski definition) is 3. The third-order valence-electron chi connectivity index (χ3n) is 5.66. The summed E-state index contributed by atoms with van der Waals surface area (Å²) in [6.45, 7) is 4.00. The van der Waals surface area contributed by atoms with E-state index in [1.54, 1.807) is 30.2 Å². The number of fused-ring (bicyclic) bond motifs is 1. The van der Waals surface area contributed by atoms with Gasteiger partial charge in [0.2, 0.25) is 5.91 Å². The number of anilines is 5. The van der Waals surface area contributed by atoms with Gasteiger partial charge in [-0.05, 0) is 47.0 Å². The number of carbonyl (C=O) groups excluding carboxylic acids is 1. The molecule has 2 unspecified atom stereocenters. The molecule has 3 heterocycles. The zero-order chi connectivity index (χ0) is 26.7. The molecule has 2 atom stereocenters. The van der Waals surface area contributed by atoms with Crippen molar-refractivity contribution in [3.8, 4) is 17.1 Å². The first-order valence-electron chi connectivity index (χ1n) is 11.8. The predicted molar refractivity (Wildman–Crippen MR) is 151 cm³/mol. The van der Waals surface area contributed by atoms with Crippen LogP contribution in [0.3, 0.4) is 0 Å². The number of benzene rings is 1. The standard InChI is InChI=1S/C21H22F2IN8O2P.C2H6/c1-31-9-25-18(30-31)11-4-3-5-12(16(11)34-2)26-13-8-14(28-21(33)10-6-7-10)27-19-15(13)29-20(17(22)23)32(19)35-24;1-2/h3-5,8-10,17,20,29,35H,6-7H2,1-2H3,(H2,26,27,28,33);1-2H3. The van der Waals surface area contributed by atoms with E-state index in [4.69, 9.17) is 4.74 Å². The number of nitrogens with one attached hydrogen (secondary N) is 3. The van der Waals surface area contributed by atoms with Crippen molar-refractivity contribution in [2.45, 2.75) is 39.3 Å². The molecule has 37 heavy (non-hydrogen) atoms. The number of carbonyl (C=O) groups is 1. The first kappa shape index (κ1) is 27.2. The number of hydrogen-bond acceptors (Lipinski definition) is 8. The molecule has 1 fully saturated rings. The first-order chi connectivity index (χ1) is 17.9. The number of pyridine rings is 1. The quantitative estimate of drug-likeness (QED) is 0.210. The van der Waals surface area contributed by atoms with Crippen LogP contribution in [0.2, 0.25) is 0 Å². The van der Waals surface area contributed by atoms with Gasteiger partial charge in [-0.2, -0.15) is 5.10 Å². The van der Waals surface area contributed by atoms with Crippen LogP contribution in [0.4, 0.5) is 37.5 Å². The SMILES string of the molecule is CC.COc1c(Nc2cc(NC(=O)C3CC3)nc3c2NC(C(F)F)N3PI)cccc1-c1ncn(C)n1. The van der Waals surface area contributed by atoms with Crippen molar-refractivity contribution in [1.82, 2.24) is 19.7 Å². The van der Waals surface area contributed by atoms with Crippen LogP contribution in [0.1, 0.15) is 26.7 Å². The molecule has 10 nitrogen and oxygen atoms in total. The van der Waals surface area contributed by atoms with Gasteiger partial charge in [0.15, 0.2) is 23.6 Å². The molecule has 3 aromatic rings.